The Morgan fingerprint density at radius 1 is 1.25 bits per heavy atom. The van der Waals surface area contributed by atoms with Crippen molar-refractivity contribution in [3.8, 4) is 0 Å². The Morgan fingerprint density at radius 3 is 2.70 bits per heavy atom. The third-order valence-corrected chi connectivity index (χ3v) is 3.36. The smallest absolute Gasteiger partial charge is 0.309 e. The van der Waals surface area contributed by atoms with Crippen LogP contribution >= 0.6 is 0 Å². The largest absolute Gasteiger partial charge is 0.522 e. The summed E-state index contributed by atoms with van der Waals surface area (Å²) in [5.41, 5.74) is 1.16. The Labute approximate surface area is 116 Å². The van der Waals surface area contributed by atoms with Crippen LogP contribution in [0, 0.1) is 0 Å². The first-order chi connectivity index (χ1) is 9.54. The SMILES string of the molecule is FC(F)(F)OCCN1CCCNC(c2ccccc2)C1. The molecule has 0 radical (unpaired) electrons. The second-order valence-corrected chi connectivity index (χ2v) is 4.87. The number of hydrogen-bond donors (Lipinski definition) is 1. The van der Waals surface area contributed by atoms with Gasteiger partial charge in [0.25, 0.3) is 0 Å². The third-order valence-electron chi connectivity index (χ3n) is 3.36. The number of rotatable bonds is 4. The molecule has 1 aromatic rings. The van der Waals surface area contributed by atoms with E-state index in [0.29, 0.717) is 13.1 Å². The quantitative estimate of drug-likeness (QED) is 0.921. The van der Waals surface area contributed by atoms with Crippen LogP contribution in [0.25, 0.3) is 0 Å². The average molecular weight is 288 g/mol. The number of benzene rings is 1. The van der Waals surface area contributed by atoms with Crippen LogP contribution in [0.3, 0.4) is 0 Å². The lowest BCUT2D eigenvalue weighted by Gasteiger charge is -2.24. The second kappa shape index (κ2) is 7.06. The van der Waals surface area contributed by atoms with Crippen LogP contribution in [0.5, 0.6) is 0 Å². The van der Waals surface area contributed by atoms with Gasteiger partial charge < -0.3 is 5.32 Å². The monoisotopic (exact) mass is 288 g/mol. The highest BCUT2D eigenvalue weighted by Gasteiger charge is 2.29. The maximum absolute atomic E-state index is 12.0. The molecule has 1 N–H and O–H groups in total. The zero-order valence-electron chi connectivity index (χ0n) is 11.2. The summed E-state index contributed by atoms with van der Waals surface area (Å²) in [5, 5.41) is 3.43. The molecule has 0 saturated carbocycles. The molecule has 0 amide bonds. The first kappa shape index (κ1) is 15.3. The Kier molecular flexibility index (Phi) is 5.39. The normalized spacial score (nSPS) is 21.6. The maximum Gasteiger partial charge on any atom is 0.522 e. The van der Waals surface area contributed by atoms with Crippen molar-refractivity contribution in [2.24, 2.45) is 0 Å². The summed E-state index contributed by atoms with van der Waals surface area (Å²) in [5.74, 6) is 0. The van der Waals surface area contributed by atoms with Crippen LogP contribution in [0.4, 0.5) is 13.2 Å². The Hall–Kier alpha value is -1.11. The molecule has 1 saturated heterocycles. The molecule has 1 fully saturated rings. The van der Waals surface area contributed by atoms with Crippen molar-refractivity contribution in [3.05, 3.63) is 35.9 Å². The fraction of sp³-hybridized carbons (Fsp3) is 0.571. The van der Waals surface area contributed by atoms with Crippen LogP contribution in [-0.4, -0.2) is 44.0 Å². The van der Waals surface area contributed by atoms with E-state index in [1.54, 1.807) is 0 Å². The minimum absolute atomic E-state index is 0.157. The van der Waals surface area contributed by atoms with Crippen LogP contribution in [0.2, 0.25) is 0 Å². The molecule has 1 atom stereocenters. The predicted octanol–water partition coefficient (Wildman–Crippen LogP) is 2.56. The van der Waals surface area contributed by atoms with Crippen LogP contribution in [0.1, 0.15) is 18.0 Å². The first-order valence-corrected chi connectivity index (χ1v) is 6.76. The highest BCUT2D eigenvalue weighted by atomic mass is 19.4. The summed E-state index contributed by atoms with van der Waals surface area (Å²) in [7, 11) is 0. The standard InChI is InChI=1S/C14H19F3N2O/c15-14(16,17)20-10-9-19-8-4-7-18-13(11-19)12-5-2-1-3-6-12/h1-3,5-6,13,18H,4,7-11H2. The lowest BCUT2D eigenvalue weighted by atomic mass is 10.1. The predicted molar refractivity (Wildman–Crippen MR) is 70.2 cm³/mol. The highest BCUT2D eigenvalue weighted by Crippen LogP contribution is 2.18. The molecular weight excluding hydrogens is 269 g/mol. The van der Waals surface area contributed by atoms with Gasteiger partial charge in [0.1, 0.15) is 0 Å². The molecule has 1 aliphatic rings. The fourth-order valence-electron chi connectivity index (χ4n) is 2.40. The van der Waals surface area contributed by atoms with Crippen molar-refractivity contribution in [3.63, 3.8) is 0 Å². The molecule has 112 valence electrons. The summed E-state index contributed by atoms with van der Waals surface area (Å²) in [6.07, 6.45) is -3.61. The van der Waals surface area contributed by atoms with E-state index in [-0.39, 0.29) is 12.6 Å². The van der Waals surface area contributed by atoms with Gasteiger partial charge in [-0.1, -0.05) is 30.3 Å². The van der Waals surface area contributed by atoms with Crippen LogP contribution < -0.4 is 5.32 Å². The average Bonchev–Trinajstić information content (AvgIpc) is 2.64. The summed E-state index contributed by atoms with van der Waals surface area (Å²) >= 11 is 0. The van der Waals surface area contributed by atoms with Crippen molar-refractivity contribution >= 4 is 0 Å². The van der Waals surface area contributed by atoms with Gasteiger partial charge in [-0.05, 0) is 25.1 Å². The van der Waals surface area contributed by atoms with Gasteiger partial charge in [0, 0.05) is 19.1 Å². The second-order valence-electron chi connectivity index (χ2n) is 4.87. The Bertz CT molecular complexity index is 397. The molecule has 0 bridgehead atoms. The van der Waals surface area contributed by atoms with Crippen LogP contribution in [0.15, 0.2) is 30.3 Å². The molecule has 1 unspecified atom stereocenters. The first-order valence-electron chi connectivity index (χ1n) is 6.76. The summed E-state index contributed by atoms with van der Waals surface area (Å²) < 4.78 is 39.8. The van der Waals surface area contributed by atoms with Crippen LogP contribution in [-0.2, 0) is 4.74 Å². The van der Waals surface area contributed by atoms with E-state index in [2.05, 4.69) is 10.1 Å². The van der Waals surface area contributed by atoms with Gasteiger partial charge in [-0.2, -0.15) is 0 Å². The van der Waals surface area contributed by atoms with Gasteiger partial charge in [-0.15, -0.1) is 13.2 Å². The minimum Gasteiger partial charge on any atom is -0.309 e. The number of halogens is 3. The molecule has 6 heteroatoms. The number of nitrogens with zero attached hydrogens (tertiary/aromatic N) is 1. The number of nitrogens with one attached hydrogen (secondary N) is 1. The molecule has 2 rings (SSSR count). The molecule has 0 aromatic heterocycles. The van der Waals surface area contributed by atoms with Crippen molar-refractivity contribution in [1.82, 2.24) is 10.2 Å². The molecule has 1 aliphatic heterocycles. The van der Waals surface area contributed by atoms with E-state index in [0.717, 1.165) is 25.1 Å². The molecule has 20 heavy (non-hydrogen) atoms. The summed E-state index contributed by atoms with van der Waals surface area (Å²) in [6.45, 7) is 2.34. The number of ether oxygens (including phenoxy) is 1. The zero-order chi connectivity index (χ0) is 14.4. The van der Waals surface area contributed by atoms with Crippen molar-refractivity contribution in [1.29, 1.82) is 0 Å². The lowest BCUT2D eigenvalue weighted by molar-refractivity contribution is -0.325. The van der Waals surface area contributed by atoms with Crippen molar-refractivity contribution in [2.75, 3.05) is 32.8 Å². The van der Waals surface area contributed by atoms with Gasteiger partial charge in [0.15, 0.2) is 0 Å². The third kappa shape index (κ3) is 5.11. The fourth-order valence-corrected chi connectivity index (χ4v) is 2.40. The molecule has 1 heterocycles. The Morgan fingerprint density at radius 2 is 2.00 bits per heavy atom. The number of alkyl halides is 3. The van der Waals surface area contributed by atoms with Gasteiger partial charge in [-0.3, -0.25) is 9.64 Å². The maximum atomic E-state index is 12.0. The highest BCUT2D eigenvalue weighted by molar-refractivity contribution is 5.19. The molecule has 1 aromatic carbocycles. The zero-order valence-corrected chi connectivity index (χ0v) is 11.2. The summed E-state index contributed by atoms with van der Waals surface area (Å²) in [6, 6.07) is 10.1. The van der Waals surface area contributed by atoms with Crippen molar-refractivity contribution < 1.29 is 17.9 Å². The minimum atomic E-state index is -4.54. The van der Waals surface area contributed by atoms with Gasteiger partial charge in [-0.25, -0.2) is 0 Å². The molecule has 0 aliphatic carbocycles. The van der Waals surface area contributed by atoms with E-state index >= 15 is 0 Å². The Balaban J connectivity index is 1.87. The van der Waals surface area contributed by atoms with E-state index in [4.69, 9.17) is 0 Å². The van der Waals surface area contributed by atoms with Gasteiger partial charge in [0.2, 0.25) is 0 Å². The molecule has 0 spiro atoms. The van der Waals surface area contributed by atoms with E-state index in [1.165, 1.54) is 0 Å². The van der Waals surface area contributed by atoms with E-state index in [9.17, 15) is 13.2 Å². The van der Waals surface area contributed by atoms with E-state index < -0.39 is 6.36 Å². The number of hydrogen-bond acceptors (Lipinski definition) is 3. The molecular formula is C14H19F3N2O. The molecule has 3 nitrogen and oxygen atoms in total. The van der Waals surface area contributed by atoms with E-state index in [1.807, 2.05) is 35.2 Å². The lowest BCUT2D eigenvalue weighted by Crippen LogP contribution is -2.34. The van der Waals surface area contributed by atoms with Gasteiger partial charge in [0.05, 0.1) is 6.61 Å². The topological polar surface area (TPSA) is 24.5 Å². The van der Waals surface area contributed by atoms with Gasteiger partial charge >= 0.3 is 6.36 Å². The van der Waals surface area contributed by atoms with Crippen molar-refractivity contribution in [2.45, 2.75) is 18.8 Å². The summed E-state index contributed by atoms with van der Waals surface area (Å²) in [4.78, 5) is 2.02.